The summed E-state index contributed by atoms with van der Waals surface area (Å²) in [6.45, 7) is 7.24. The van der Waals surface area contributed by atoms with Crippen LogP contribution in [0.3, 0.4) is 0 Å². The minimum Gasteiger partial charge on any atom is -0.492 e. The summed E-state index contributed by atoms with van der Waals surface area (Å²) in [7, 11) is 1.92. The summed E-state index contributed by atoms with van der Waals surface area (Å²) in [5, 5.41) is 3.06. The van der Waals surface area contributed by atoms with Crippen LogP contribution in [0, 0.1) is 6.92 Å². The molecule has 3 nitrogen and oxygen atoms in total. The van der Waals surface area contributed by atoms with Gasteiger partial charge in [0, 0.05) is 13.2 Å². The van der Waals surface area contributed by atoms with Crippen molar-refractivity contribution in [3.05, 3.63) is 29.3 Å². The van der Waals surface area contributed by atoms with Gasteiger partial charge in [-0.25, -0.2) is 0 Å². The van der Waals surface area contributed by atoms with E-state index in [1.54, 1.807) is 0 Å². The summed E-state index contributed by atoms with van der Waals surface area (Å²) in [6.07, 6.45) is 1.05. The number of hydrogen-bond acceptors (Lipinski definition) is 3. The summed E-state index contributed by atoms with van der Waals surface area (Å²) in [4.78, 5) is 0. The lowest BCUT2D eigenvalue weighted by Crippen LogP contribution is -2.16. The second-order valence-corrected chi connectivity index (χ2v) is 4.09. The Balaban J connectivity index is 2.53. The van der Waals surface area contributed by atoms with Crippen molar-refractivity contribution in [2.45, 2.75) is 26.9 Å². The Hall–Kier alpha value is -1.06. The van der Waals surface area contributed by atoms with Crippen molar-refractivity contribution in [1.29, 1.82) is 0 Å². The van der Waals surface area contributed by atoms with Gasteiger partial charge in [-0.15, -0.1) is 0 Å². The molecule has 1 rings (SSSR count). The summed E-state index contributed by atoms with van der Waals surface area (Å²) < 4.78 is 11.2. The Morgan fingerprint density at radius 3 is 2.76 bits per heavy atom. The number of nitrogens with one attached hydrogen (secondary N) is 1. The van der Waals surface area contributed by atoms with Gasteiger partial charge in [-0.1, -0.05) is 13.0 Å². The lowest BCUT2D eigenvalue weighted by atomic mass is 10.1. The van der Waals surface area contributed by atoms with E-state index >= 15 is 0 Å². The first kappa shape index (κ1) is 14.0. The Bertz CT molecular complexity index is 326. The predicted molar refractivity (Wildman–Crippen MR) is 70.5 cm³/mol. The van der Waals surface area contributed by atoms with Crippen LogP contribution in [0.4, 0.5) is 0 Å². The third kappa shape index (κ3) is 5.20. The summed E-state index contributed by atoms with van der Waals surface area (Å²) in [6, 6.07) is 6.16. The molecule has 0 aromatic heterocycles. The maximum Gasteiger partial charge on any atom is 0.119 e. The molecule has 1 aromatic carbocycles. The van der Waals surface area contributed by atoms with Gasteiger partial charge in [0.2, 0.25) is 0 Å². The topological polar surface area (TPSA) is 30.5 Å². The predicted octanol–water partition coefficient (Wildman–Crippen LogP) is 2.52. The fourth-order valence-corrected chi connectivity index (χ4v) is 1.49. The van der Waals surface area contributed by atoms with E-state index < -0.39 is 0 Å². The van der Waals surface area contributed by atoms with Crippen LogP contribution in [0.5, 0.6) is 5.75 Å². The molecule has 0 aliphatic rings. The zero-order chi connectivity index (χ0) is 12.5. The molecule has 0 aliphatic carbocycles. The lowest BCUT2D eigenvalue weighted by molar-refractivity contribution is 0.121. The third-order valence-electron chi connectivity index (χ3n) is 2.55. The van der Waals surface area contributed by atoms with Crippen molar-refractivity contribution in [1.82, 2.24) is 5.32 Å². The van der Waals surface area contributed by atoms with Crippen molar-refractivity contribution in [3.63, 3.8) is 0 Å². The van der Waals surface area contributed by atoms with Crippen LogP contribution in [0.25, 0.3) is 0 Å². The average molecular weight is 237 g/mol. The lowest BCUT2D eigenvalue weighted by Gasteiger charge is -2.10. The number of benzene rings is 1. The van der Waals surface area contributed by atoms with E-state index in [1.165, 1.54) is 11.1 Å². The van der Waals surface area contributed by atoms with Crippen LogP contribution >= 0.6 is 0 Å². The van der Waals surface area contributed by atoms with E-state index in [0.717, 1.165) is 25.3 Å². The zero-order valence-corrected chi connectivity index (χ0v) is 11.1. The van der Waals surface area contributed by atoms with E-state index in [9.17, 15) is 0 Å². The average Bonchev–Trinajstić information content (AvgIpc) is 2.33. The normalized spacial score (nSPS) is 10.5. The maximum absolute atomic E-state index is 5.63. The highest BCUT2D eigenvalue weighted by molar-refractivity contribution is 5.34. The first-order valence-electron chi connectivity index (χ1n) is 6.22. The third-order valence-corrected chi connectivity index (χ3v) is 2.55. The van der Waals surface area contributed by atoms with E-state index in [1.807, 2.05) is 13.1 Å². The van der Waals surface area contributed by atoms with Gasteiger partial charge in [0.15, 0.2) is 0 Å². The van der Waals surface area contributed by atoms with Crippen LogP contribution < -0.4 is 10.1 Å². The molecule has 0 saturated carbocycles. The van der Waals surface area contributed by atoms with Gasteiger partial charge in [-0.2, -0.15) is 0 Å². The van der Waals surface area contributed by atoms with Crippen molar-refractivity contribution >= 4 is 0 Å². The molecular formula is C14H23NO2. The quantitative estimate of drug-likeness (QED) is 0.705. The number of likely N-dealkylation sites (N-methyl/N-ethyl adjacent to an activating group) is 1. The van der Waals surface area contributed by atoms with Crippen LogP contribution in [0.15, 0.2) is 18.2 Å². The molecule has 0 unspecified atom stereocenters. The molecule has 0 saturated heterocycles. The van der Waals surface area contributed by atoms with Gasteiger partial charge < -0.3 is 14.8 Å². The van der Waals surface area contributed by atoms with Gasteiger partial charge in [0.05, 0.1) is 6.61 Å². The molecule has 0 heterocycles. The van der Waals surface area contributed by atoms with E-state index in [2.05, 4.69) is 31.3 Å². The molecule has 1 aromatic rings. The highest BCUT2D eigenvalue weighted by atomic mass is 16.5. The van der Waals surface area contributed by atoms with Crippen LogP contribution in [0.1, 0.15) is 24.5 Å². The van der Waals surface area contributed by atoms with Gasteiger partial charge >= 0.3 is 0 Å². The Morgan fingerprint density at radius 2 is 2.06 bits per heavy atom. The molecule has 96 valence electrons. The van der Waals surface area contributed by atoms with E-state index in [0.29, 0.717) is 13.2 Å². The zero-order valence-electron chi connectivity index (χ0n) is 11.1. The van der Waals surface area contributed by atoms with E-state index in [4.69, 9.17) is 9.47 Å². The highest BCUT2D eigenvalue weighted by Crippen LogP contribution is 2.18. The minimum atomic E-state index is 0.670. The highest BCUT2D eigenvalue weighted by Gasteiger charge is 2.01. The largest absolute Gasteiger partial charge is 0.492 e. The van der Waals surface area contributed by atoms with Gasteiger partial charge in [0.1, 0.15) is 12.4 Å². The molecule has 0 aliphatic heterocycles. The van der Waals surface area contributed by atoms with Crippen molar-refractivity contribution in [2.24, 2.45) is 0 Å². The first-order chi connectivity index (χ1) is 8.27. The molecule has 0 spiro atoms. The Labute approximate surface area is 104 Å². The van der Waals surface area contributed by atoms with Gasteiger partial charge in [0.25, 0.3) is 0 Å². The van der Waals surface area contributed by atoms with Crippen molar-refractivity contribution in [3.8, 4) is 5.75 Å². The van der Waals surface area contributed by atoms with Crippen molar-refractivity contribution in [2.75, 3.05) is 26.8 Å². The second-order valence-electron chi connectivity index (χ2n) is 4.09. The molecular weight excluding hydrogens is 214 g/mol. The monoisotopic (exact) mass is 237 g/mol. The molecule has 3 heteroatoms. The molecule has 0 amide bonds. The number of ether oxygens (including phenoxy) is 2. The number of hydrogen-bond donors (Lipinski definition) is 1. The van der Waals surface area contributed by atoms with Crippen LogP contribution in [-0.4, -0.2) is 26.8 Å². The van der Waals surface area contributed by atoms with Gasteiger partial charge in [-0.3, -0.25) is 0 Å². The number of rotatable bonds is 8. The molecule has 0 fully saturated rings. The van der Waals surface area contributed by atoms with E-state index in [-0.39, 0.29) is 0 Å². The Morgan fingerprint density at radius 1 is 1.24 bits per heavy atom. The van der Waals surface area contributed by atoms with Gasteiger partial charge in [-0.05, 0) is 43.7 Å². The van der Waals surface area contributed by atoms with Crippen LogP contribution in [-0.2, 0) is 11.3 Å². The molecule has 0 radical (unpaired) electrons. The second kappa shape index (κ2) is 8.09. The fourth-order valence-electron chi connectivity index (χ4n) is 1.49. The van der Waals surface area contributed by atoms with Crippen LogP contribution in [0.2, 0.25) is 0 Å². The molecule has 0 bridgehead atoms. The SMILES string of the molecule is CCCOCc1cc(OCCNC)ccc1C. The van der Waals surface area contributed by atoms with Crippen molar-refractivity contribution < 1.29 is 9.47 Å². The minimum absolute atomic E-state index is 0.670. The Kier molecular flexibility index (Phi) is 6.67. The maximum atomic E-state index is 5.63. The smallest absolute Gasteiger partial charge is 0.119 e. The molecule has 0 atom stereocenters. The molecule has 1 N–H and O–H groups in total. The standard InChI is InChI=1S/C14H23NO2/c1-4-8-16-11-13-10-14(6-5-12(13)2)17-9-7-15-3/h5-6,10,15H,4,7-9,11H2,1-3H3. The number of aryl methyl sites for hydroxylation is 1. The molecule has 17 heavy (non-hydrogen) atoms. The fraction of sp³-hybridized carbons (Fsp3) is 0.571. The summed E-state index contributed by atoms with van der Waals surface area (Å²) in [5.41, 5.74) is 2.46. The summed E-state index contributed by atoms with van der Waals surface area (Å²) in [5.74, 6) is 0.918. The first-order valence-corrected chi connectivity index (χ1v) is 6.22. The summed E-state index contributed by atoms with van der Waals surface area (Å²) >= 11 is 0.